The summed E-state index contributed by atoms with van der Waals surface area (Å²) in [6, 6.07) is 3.43. The molecule has 0 aliphatic carbocycles. The summed E-state index contributed by atoms with van der Waals surface area (Å²) in [5.41, 5.74) is 1.94. The molecule has 0 radical (unpaired) electrons. The Labute approximate surface area is 108 Å². The largest absolute Gasteiger partial charge is 0.487 e. The lowest BCUT2D eigenvalue weighted by Gasteiger charge is -2.43. The SMILES string of the molecule is Cc1cc(C(=O)O)cc2c1OC(C)(C)CC2(C)C. The third kappa shape index (κ3) is 2.09. The lowest BCUT2D eigenvalue weighted by atomic mass is 9.73. The fourth-order valence-electron chi connectivity index (χ4n) is 3.01. The number of benzene rings is 1. The van der Waals surface area contributed by atoms with Crippen molar-refractivity contribution < 1.29 is 14.6 Å². The minimum atomic E-state index is -0.887. The van der Waals surface area contributed by atoms with Crippen LogP contribution in [0, 0.1) is 6.92 Å². The summed E-state index contributed by atoms with van der Waals surface area (Å²) in [7, 11) is 0. The predicted molar refractivity (Wildman–Crippen MR) is 70.5 cm³/mol. The second-order valence-electron chi connectivity index (χ2n) is 6.40. The third-order valence-electron chi connectivity index (χ3n) is 3.50. The highest BCUT2D eigenvalue weighted by Crippen LogP contribution is 2.46. The second-order valence-corrected chi connectivity index (χ2v) is 6.40. The number of carbonyl (C=O) groups is 1. The zero-order valence-corrected chi connectivity index (χ0v) is 11.6. The number of aryl methyl sites for hydroxylation is 1. The minimum absolute atomic E-state index is 0.0761. The molecule has 3 nitrogen and oxygen atoms in total. The standard InChI is InChI=1S/C15H20O3/c1-9-6-10(13(16)17)7-11-12(9)18-15(4,5)8-14(11,2)3/h6-7H,8H2,1-5H3,(H,16,17). The van der Waals surface area contributed by atoms with Gasteiger partial charge in [0.15, 0.2) is 0 Å². The first-order valence-electron chi connectivity index (χ1n) is 6.20. The molecule has 0 bridgehead atoms. The van der Waals surface area contributed by atoms with Crippen molar-refractivity contribution >= 4 is 5.97 Å². The van der Waals surface area contributed by atoms with E-state index < -0.39 is 5.97 Å². The van der Waals surface area contributed by atoms with Gasteiger partial charge in [-0.2, -0.15) is 0 Å². The number of fused-ring (bicyclic) bond motifs is 1. The van der Waals surface area contributed by atoms with E-state index in [9.17, 15) is 4.79 Å². The first kappa shape index (κ1) is 12.9. The van der Waals surface area contributed by atoms with Crippen LogP contribution < -0.4 is 4.74 Å². The maximum atomic E-state index is 11.1. The maximum absolute atomic E-state index is 11.1. The number of aromatic carboxylic acids is 1. The molecular weight excluding hydrogens is 228 g/mol. The Kier molecular flexibility index (Phi) is 2.69. The Bertz CT molecular complexity index is 513. The van der Waals surface area contributed by atoms with E-state index in [0.717, 1.165) is 23.3 Å². The van der Waals surface area contributed by atoms with Crippen LogP contribution in [-0.2, 0) is 5.41 Å². The molecule has 0 amide bonds. The average Bonchev–Trinajstić information content (AvgIpc) is 2.16. The van der Waals surface area contributed by atoms with Crippen molar-refractivity contribution in [1.29, 1.82) is 0 Å². The van der Waals surface area contributed by atoms with Gasteiger partial charge in [0, 0.05) is 5.56 Å². The predicted octanol–water partition coefficient (Wildman–Crippen LogP) is 3.53. The Hall–Kier alpha value is -1.51. The molecule has 3 heteroatoms. The molecule has 1 aromatic rings. The van der Waals surface area contributed by atoms with Gasteiger partial charge in [-0.3, -0.25) is 0 Å². The Balaban J connectivity index is 2.66. The van der Waals surface area contributed by atoms with Crippen molar-refractivity contribution in [3.8, 4) is 5.75 Å². The molecule has 18 heavy (non-hydrogen) atoms. The number of hydrogen-bond donors (Lipinski definition) is 1. The Morgan fingerprint density at radius 3 is 2.44 bits per heavy atom. The van der Waals surface area contributed by atoms with Crippen LogP contribution in [-0.4, -0.2) is 16.7 Å². The van der Waals surface area contributed by atoms with E-state index >= 15 is 0 Å². The topological polar surface area (TPSA) is 46.5 Å². The van der Waals surface area contributed by atoms with Crippen LogP contribution >= 0.6 is 0 Å². The van der Waals surface area contributed by atoms with Gasteiger partial charge in [-0.1, -0.05) is 13.8 Å². The molecule has 1 aliphatic rings. The first-order valence-corrected chi connectivity index (χ1v) is 6.20. The fourth-order valence-corrected chi connectivity index (χ4v) is 3.01. The highest BCUT2D eigenvalue weighted by atomic mass is 16.5. The van der Waals surface area contributed by atoms with Crippen molar-refractivity contribution in [2.75, 3.05) is 0 Å². The van der Waals surface area contributed by atoms with Gasteiger partial charge in [0.2, 0.25) is 0 Å². The summed E-state index contributed by atoms with van der Waals surface area (Å²) in [5, 5.41) is 9.14. The monoisotopic (exact) mass is 248 g/mol. The zero-order chi connectivity index (χ0) is 13.7. The third-order valence-corrected chi connectivity index (χ3v) is 3.50. The van der Waals surface area contributed by atoms with Crippen molar-refractivity contribution in [2.24, 2.45) is 0 Å². The first-order chi connectivity index (χ1) is 8.12. The van der Waals surface area contributed by atoms with Crippen LogP contribution in [0.2, 0.25) is 0 Å². The number of hydrogen-bond acceptors (Lipinski definition) is 2. The van der Waals surface area contributed by atoms with Crippen LogP contribution in [0.4, 0.5) is 0 Å². The van der Waals surface area contributed by atoms with E-state index in [4.69, 9.17) is 9.84 Å². The second kappa shape index (κ2) is 3.74. The smallest absolute Gasteiger partial charge is 0.335 e. The lowest BCUT2D eigenvalue weighted by molar-refractivity contribution is 0.0523. The molecule has 0 fully saturated rings. The van der Waals surface area contributed by atoms with E-state index in [1.807, 2.05) is 6.92 Å². The molecule has 1 heterocycles. The van der Waals surface area contributed by atoms with Gasteiger partial charge in [0.25, 0.3) is 0 Å². The minimum Gasteiger partial charge on any atom is -0.487 e. The molecular formula is C15H20O3. The average molecular weight is 248 g/mol. The molecule has 98 valence electrons. The summed E-state index contributed by atoms with van der Waals surface area (Å²) in [5.74, 6) is -0.0391. The summed E-state index contributed by atoms with van der Waals surface area (Å²) in [6.45, 7) is 10.3. The quantitative estimate of drug-likeness (QED) is 0.827. The number of carboxylic acids is 1. The number of carboxylic acid groups (broad SMARTS) is 1. The molecule has 0 aromatic heterocycles. The highest BCUT2D eigenvalue weighted by Gasteiger charge is 2.40. The van der Waals surface area contributed by atoms with Crippen molar-refractivity contribution in [3.05, 3.63) is 28.8 Å². The fraction of sp³-hybridized carbons (Fsp3) is 0.533. The van der Waals surface area contributed by atoms with Gasteiger partial charge < -0.3 is 9.84 Å². The van der Waals surface area contributed by atoms with E-state index in [2.05, 4.69) is 27.7 Å². The van der Waals surface area contributed by atoms with Crippen LogP contribution in [0.15, 0.2) is 12.1 Å². The number of rotatable bonds is 1. The van der Waals surface area contributed by atoms with Gasteiger partial charge in [0.05, 0.1) is 5.56 Å². The van der Waals surface area contributed by atoms with Gasteiger partial charge in [-0.05, 0) is 50.3 Å². The van der Waals surface area contributed by atoms with Crippen molar-refractivity contribution in [3.63, 3.8) is 0 Å². The zero-order valence-electron chi connectivity index (χ0n) is 11.6. The van der Waals surface area contributed by atoms with E-state index in [0.29, 0.717) is 5.56 Å². The molecule has 1 N–H and O–H groups in total. The van der Waals surface area contributed by atoms with Gasteiger partial charge in [-0.25, -0.2) is 4.79 Å². The molecule has 1 aliphatic heterocycles. The molecule has 0 saturated carbocycles. The van der Waals surface area contributed by atoms with Crippen LogP contribution in [0.3, 0.4) is 0 Å². The summed E-state index contributed by atoms with van der Waals surface area (Å²) >= 11 is 0. The van der Waals surface area contributed by atoms with Crippen molar-refractivity contribution in [1.82, 2.24) is 0 Å². The van der Waals surface area contributed by atoms with Gasteiger partial charge in [-0.15, -0.1) is 0 Å². The summed E-state index contributed by atoms with van der Waals surface area (Å²) in [6.07, 6.45) is 0.871. The Morgan fingerprint density at radius 1 is 1.28 bits per heavy atom. The van der Waals surface area contributed by atoms with E-state index in [1.54, 1.807) is 12.1 Å². The van der Waals surface area contributed by atoms with Gasteiger partial charge >= 0.3 is 5.97 Å². The molecule has 0 unspecified atom stereocenters. The maximum Gasteiger partial charge on any atom is 0.335 e. The van der Waals surface area contributed by atoms with Crippen LogP contribution in [0.1, 0.15) is 55.6 Å². The summed E-state index contributed by atoms with van der Waals surface area (Å²) < 4.78 is 6.03. The molecule has 1 aromatic carbocycles. The number of ether oxygens (including phenoxy) is 1. The van der Waals surface area contributed by atoms with Crippen LogP contribution in [0.25, 0.3) is 0 Å². The lowest BCUT2D eigenvalue weighted by Crippen LogP contribution is -2.41. The normalized spacial score (nSPS) is 19.8. The van der Waals surface area contributed by atoms with E-state index in [-0.39, 0.29) is 11.0 Å². The molecule has 0 spiro atoms. The van der Waals surface area contributed by atoms with Crippen LogP contribution in [0.5, 0.6) is 5.75 Å². The van der Waals surface area contributed by atoms with Crippen molar-refractivity contribution in [2.45, 2.75) is 52.1 Å². The van der Waals surface area contributed by atoms with E-state index in [1.165, 1.54) is 0 Å². The molecule has 0 atom stereocenters. The highest BCUT2D eigenvalue weighted by molar-refractivity contribution is 5.88. The van der Waals surface area contributed by atoms with Gasteiger partial charge in [0.1, 0.15) is 11.4 Å². The summed E-state index contributed by atoms with van der Waals surface area (Å²) in [4.78, 5) is 11.1. The Morgan fingerprint density at radius 2 is 1.89 bits per heavy atom. The molecule has 0 saturated heterocycles. The molecule has 2 rings (SSSR count).